The van der Waals surface area contributed by atoms with E-state index in [1.807, 2.05) is 0 Å². The van der Waals surface area contributed by atoms with Gasteiger partial charge in [-0.05, 0) is 84.3 Å². The molecule has 0 bridgehead atoms. The molecule has 0 atom stereocenters. The molecule has 3 aliphatic carbocycles. The topological polar surface area (TPSA) is 0 Å². The highest BCUT2D eigenvalue weighted by Gasteiger charge is 2.33. The normalized spacial score (nSPS) is 15.7. The van der Waals surface area contributed by atoms with Gasteiger partial charge in [0.1, 0.15) is 0 Å². The van der Waals surface area contributed by atoms with Crippen molar-refractivity contribution in [2.75, 3.05) is 0 Å². The average molecular weight is 333 g/mol. The predicted molar refractivity (Wildman–Crippen MR) is 97.4 cm³/mol. The molecule has 7 rings (SSSR count). The number of hydrogen-bond donors (Lipinski definition) is 0. The van der Waals surface area contributed by atoms with Crippen LogP contribution < -0.4 is 0 Å². The number of benzene rings is 4. The Morgan fingerprint density at radius 3 is 1.43 bits per heavy atom. The van der Waals surface area contributed by atoms with Crippen molar-refractivity contribution in [3.05, 3.63) is 67.7 Å². The summed E-state index contributed by atoms with van der Waals surface area (Å²) >= 11 is 13.3. The molecule has 108 valence electrons. The van der Waals surface area contributed by atoms with E-state index in [9.17, 15) is 0 Å². The van der Waals surface area contributed by atoms with Gasteiger partial charge in [-0.15, -0.1) is 0 Å². The van der Waals surface area contributed by atoms with Gasteiger partial charge in [-0.2, -0.15) is 0 Å². The van der Waals surface area contributed by atoms with Gasteiger partial charge in [0.05, 0.1) is 0 Å². The summed E-state index contributed by atoms with van der Waals surface area (Å²) in [4.78, 5) is 0. The molecule has 0 heterocycles. The van der Waals surface area contributed by atoms with E-state index in [4.69, 9.17) is 23.2 Å². The molecular formula is C21H10Cl2. The number of hydrogen-bond acceptors (Lipinski definition) is 0. The van der Waals surface area contributed by atoms with Crippen LogP contribution in [0, 0.1) is 0 Å². The van der Waals surface area contributed by atoms with E-state index in [1.165, 1.54) is 65.7 Å². The maximum Gasteiger partial charge on any atom is 0.0450 e. The van der Waals surface area contributed by atoms with Gasteiger partial charge in [0, 0.05) is 22.9 Å². The van der Waals surface area contributed by atoms with Crippen LogP contribution >= 0.6 is 23.2 Å². The SMILES string of the molecule is Clc1cc2c3c4c(cc(Cl)c5c4c4c(ccc6c4c3c1C6)C5)C2. The summed E-state index contributed by atoms with van der Waals surface area (Å²) in [6.07, 6.45) is 2.90. The van der Waals surface area contributed by atoms with E-state index in [1.54, 1.807) is 0 Å². The van der Waals surface area contributed by atoms with E-state index < -0.39 is 0 Å². The van der Waals surface area contributed by atoms with Gasteiger partial charge < -0.3 is 0 Å². The first-order valence-corrected chi connectivity index (χ1v) is 8.82. The van der Waals surface area contributed by atoms with Crippen LogP contribution in [0.2, 0.25) is 10.0 Å². The lowest BCUT2D eigenvalue weighted by atomic mass is 9.94. The largest absolute Gasteiger partial charge is 0.0840 e. The fourth-order valence-electron chi connectivity index (χ4n) is 5.37. The maximum atomic E-state index is 6.66. The zero-order chi connectivity index (χ0) is 15.0. The quantitative estimate of drug-likeness (QED) is 0.291. The molecule has 0 aromatic heterocycles. The molecule has 0 saturated heterocycles. The molecule has 0 radical (unpaired) electrons. The summed E-state index contributed by atoms with van der Waals surface area (Å²) < 4.78 is 0. The van der Waals surface area contributed by atoms with E-state index in [0.29, 0.717) is 0 Å². The summed E-state index contributed by atoms with van der Waals surface area (Å²) in [6, 6.07) is 9.00. The van der Waals surface area contributed by atoms with Crippen molar-refractivity contribution in [1.82, 2.24) is 0 Å². The highest BCUT2D eigenvalue weighted by Crippen LogP contribution is 2.55. The monoisotopic (exact) mass is 332 g/mol. The Morgan fingerprint density at radius 2 is 0.957 bits per heavy atom. The summed E-state index contributed by atoms with van der Waals surface area (Å²) in [5.41, 5.74) is 8.28. The van der Waals surface area contributed by atoms with Crippen LogP contribution in [-0.2, 0) is 19.3 Å². The zero-order valence-electron chi connectivity index (χ0n) is 12.2. The molecule has 0 nitrogen and oxygen atoms in total. The first kappa shape index (κ1) is 11.7. The molecule has 0 amide bonds. The summed E-state index contributed by atoms with van der Waals surface area (Å²) in [5.74, 6) is 0. The van der Waals surface area contributed by atoms with E-state index >= 15 is 0 Å². The zero-order valence-corrected chi connectivity index (χ0v) is 13.7. The second-order valence-corrected chi connectivity index (χ2v) is 7.97. The van der Waals surface area contributed by atoms with Crippen molar-refractivity contribution in [2.45, 2.75) is 19.3 Å². The lowest BCUT2D eigenvalue weighted by Crippen LogP contribution is -1.86. The van der Waals surface area contributed by atoms with Gasteiger partial charge in [-0.3, -0.25) is 0 Å². The van der Waals surface area contributed by atoms with Crippen molar-refractivity contribution >= 4 is 55.5 Å². The van der Waals surface area contributed by atoms with Crippen molar-refractivity contribution in [2.24, 2.45) is 0 Å². The Bertz CT molecular complexity index is 1170. The molecule has 0 spiro atoms. The Labute approximate surface area is 142 Å². The third-order valence-electron chi connectivity index (χ3n) is 6.17. The van der Waals surface area contributed by atoms with Gasteiger partial charge in [-0.1, -0.05) is 35.3 Å². The molecule has 4 aromatic rings. The fraction of sp³-hybridized carbons (Fsp3) is 0.143. The summed E-state index contributed by atoms with van der Waals surface area (Å²) in [6.45, 7) is 0. The maximum absolute atomic E-state index is 6.66. The van der Waals surface area contributed by atoms with Gasteiger partial charge in [0.25, 0.3) is 0 Å². The van der Waals surface area contributed by atoms with Crippen LogP contribution in [0.4, 0.5) is 0 Å². The van der Waals surface area contributed by atoms with Gasteiger partial charge in [0.2, 0.25) is 0 Å². The minimum Gasteiger partial charge on any atom is -0.0840 e. The number of rotatable bonds is 0. The van der Waals surface area contributed by atoms with E-state index in [0.717, 1.165) is 29.3 Å². The van der Waals surface area contributed by atoms with Crippen LogP contribution in [0.1, 0.15) is 33.4 Å². The molecule has 0 unspecified atom stereocenters. The Balaban J connectivity index is 1.99. The molecule has 0 aliphatic heterocycles. The second kappa shape index (κ2) is 3.36. The van der Waals surface area contributed by atoms with Crippen LogP contribution in [0.5, 0.6) is 0 Å². The first-order chi connectivity index (χ1) is 11.2. The second-order valence-electron chi connectivity index (χ2n) is 7.16. The van der Waals surface area contributed by atoms with Crippen molar-refractivity contribution in [3.63, 3.8) is 0 Å². The highest BCUT2D eigenvalue weighted by atomic mass is 35.5. The first-order valence-electron chi connectivity index (χ1n) is 8.06. The molecule has 2 heteroatoms. The van der Waals surface area contributed by atoms with Crippen LogP contribution in [-0.4, -0.2) is 0 Å². The average Bonchev–Trinajstić information content (AvgIpc) is 3.17. The Kier molecular flexibility index (Phi) is 1.71. The lowest BCUT2D eigenvalue weighted by molar-refractivity contribution is 1.24. The third-order valence-corrected chi connectivity index (χ3v) is 6.84. The van der Waals surface area contributed by atoms with Crippen molar-refractivity contribution < 1.29 is 0 Å². The van der Waals surface area contributed by atoms with Gasteiger partial charge >= 0.3 is 0 Å². The summed E-state index contributed by atoms with van der Waals surface area (Å²) in [5, 5.41) is 10.6. The third kappa shape index (κ3) is 1.07. The van der Waals surface area contributed by atoms with Crippen LogP contribution in [0.15, 0.2) is 24.3 Å². The predicted octanol–water partition coefficient (Wildman–Crippen LogP) is 6.17. The van der Waals surface area contributed by atoms with Crippen molar-refractivity contribution in [3.8, 4) is 0 Å². The highest BCUT2D eigenvalue weighted by molar-refractivity contribution is 6.40. The van der Waals surface area contributed by atoms with Crippen LogP contribution in [0.25, 0.3) is 32.3 Å². The lowest BCUT2D eigenvalue weighted by Gasteiger charge is -2.10. The minimum absolute atomic E-state index is 0.935. The van der Waals surface area contributed by atoms with Crippen LogP contribution in [0.3, 0.4) is 0 Å². The molecule has 0 N–H and O–H groups in total. The minimum atomic E-state index is 0.935. The standard InChI is InChI=1S/C21H10Cl2/c22-14-6-10-3-11-7-15(23)13-5-9-2-1-8-4-12(14)20-16(8)17(9)21(13)19(11)18(10)20/h1-2,6-7H,3-5H2. The number of halogens is 2. The fourth-order valence-corrected chi connectivity index (χ4v) is 5.96. The molecule has 4 aromatic carbocycles. The van der Waals surface area contributed by atoms with Gasteiger partial charge in [-0.25, -0.2) is 0 Å². The summed E-state index contributed by atoms with van der Waals surface area (Å²) in [7, 11) is 0. The van der Waals surface area contributed by atoms with E-state index in [-0.39, 0.29) is 0 Å². The molecule has 0 fully saturated rings. The smallest absolute Gasteiger partial charge is 0.0450 e. The Morgan fingerprint density at radius 1 is 0.522 bits per heavy atom. The molecule has 23 heavy (non-hydrogen) atoms. The Hall–Kier alpha value is -1.76. The molecular weight excluding hydrogens is 323 g/mol. The van der Waals surface area contributed by atoms with Crippen molar-refractivity contribution in [1.29, 1.82) is 0 Å². The molecule has 0 saturated carbocycles. The van der Waals surface area contributed by atoms with E-state index in [2.05, 4.69) is 24.3 Å². The van der Waals surface area contributed by atoms with Gasteiger partial charge in [0.15, 0.2) is 0 Å². The molecule has 3 aliphatic rings.